The number of nitrogens with zero attached hydrogens (tertiary/aromatic N) is 1. The van der Waals surface area contributed by atoms with E-state index < -0.39 is 17.6 Å². The number of amides is 2. The quantitative estimate of drug-likeness (QED) is 0.191. The fraction of sp³-hybridized carbons (Fsp3) is 0.281. The predicted octanol–water partition coefficient (Wildman–Crippen LogP) is 5.61. The normalized spacial score (nSPS) is 13.4. The molecule has 2 heterocycles. The van der Waals surface area contributed by atoms with Crippen molar-refractivity contribution in [2.45, 2.75) is 19.3 Å². The van der Waals surface area contributed by atoms with Crippen LogP contribution < -0.4 is 30.2 Å². The molecule has 1 aliphatic heterocycles. The van der Waals surface area contributed by atoms with Gasteiger partial charge in [0.05, 0.1) is 19.2 Å². The molecule has 1 aliphatic rings. The summed E-state index contributed by atoms with van der Waals surface area (Å²) in [5.74, 6) is -0.541. The summed E-state index contributed by atoms with van der Waals surface area (Å²) in [6.07, 6.45) is 4.24. The lowest BCUT2D eigenvalue weighted by Gasteiger charge is -2.23. The van der Waals surface area contributed by atoms with E-state index in [0.717, 1.165) is 42.0 Å². The lowest BCUT2D eigenvalue weighted by Crippen LogP contribution is -2.36. The minimum atomic E-state index is -0.896. The second-order valence-corrected chi connectivity index (χ2v) is 11.1. The zero-order chi connectivity index (χ0) is 30.2. The van der Waals surface area contributed by atoms with Gasteiger partial charge in [-0.1, -0.05) is 28.1 Å². The van der Waals surface area contributed by atoms with E-state index in [1.807, 2.05) is 24.3 Å². The Morgan fingerprint density at radius 2 is 1.84 bits per heavy atom. The zero-order valence-corrected chi connectivity index (χ0v) is 25.2. The summed E-state index contributed by atoms with van der Waals surface area (Å²) in [4.78, 5) is 29.0. The van der Waals surface area contributed by atoms with Gasteiger partial charge >= 0.3 is 11.8 Å². The molecule has 224 valence electrons. The Hall–Kier alpha value is -4.22. The summed E-state index contributed by atoms with van der Waals surface area (Å²) in [6.45, 7) is 2.83. The van der Waals surface area contributed by atoms with Gasteiger partial charge in [-0.2, -0.15) is 0 Å². The highest BCUT2D eigenvalue weighted by Gasteiger charge is 2.18. The van der Waals surface area contributed by atoms with Gasteiger partial charge in [0.2, 0.25) is 0 Å². The van der Waals surface area contributed by atoms with Crippen LogP contribution in [-0.2, 0) is 16.0 Å². The third-order valence-corrected chi connectivity index (χ3v) is 7.62. The molecule has 0 aliphatic carbocycles. The van der Waals surface area contributed by atoms with Crippen molar-refractivity contribution in [2.24, 2.45) is 5.92 Å². The van der Waals surface area contributed by atoms with Gasteiger partial charge in [0.1, 0.15) is 5.75 Å². The van der Waals surface area contributed by atoms with Crippen LogP contribution in [0.15, 0.2) is 71.3 Å². The van der Waals surface area contributed by atoms with E-state index in [1.54, 1.807) is 31.5 Å². The second kappa shape index (κ2) is 14.3. The molecule has 43 heavy (non-hydrogen) atoms. The number of nitrogens with one attached hydrogen (secondary N) is 3. The molecule has 9 nitrogen and oxygen atoms in total. The van der Waals surface area contributed by atoms with E-state index in [1.165, 1.54) is 12.1 Å². The molecule has 0 spiro atoms. The Morgan fingerprint density at radius 3 is 2.60 bits per heavy atom. The van der Waals surface area contributed by atoms with Crippen LogP contribution in [-0.4, -0.2) is 50.1 Å². The number of benzene rings is 3. The zero-order valence-electron chi connectivity index (χ0n) is 23.6. The van der Waals surface area contributed by atoms with Crippen molar-refractivity contribution < 1.29 is 28.2 Å². The Bertz CT molecular complexity index is 1610. The minimum Gasteiger partial charge on any atom is -0.493 e. The molecule has 11 heteroatoms. The van der Waals surface area contributed by atoms with Gasteiger partial charge in [0, 0.05) is 40.4 Å². The van der Waals surface area contributed by atoms with Gasteiger partial charge in [-0.15, -0.1) is 0 Å². The van der Waals surface area contributed by atoms with Crippen LogP contribution in [0, 0.1) is 11.7 Å². The van der Waals surface area contributed by atoms with E-state index in [-0.39, 0.29) is 18.0 Å². The van der Waals surface area contributed by atoms with Crippen molar-refractivity contribution in [1.82, 2.24) is 15.6 Å². The first-order valence-corrected chi connectivity index (χ1v) is 14.8. The Labute approximate surface area is 257 Å². The number of hydrogen-bond donors (Lipinski definition) is 3. The lowest BCUT2D eigenvalue weighted by molar-refractivity contribution is -0.136. The maximum atomic E-state index is 15.1. The van der Waals surface area contributed by atoms with Gasteiger partial charge in [-0.05, 0) is 80.2 Å². The van der Waals surface area contributed by atoms with Gasteiger partial charge in [0.15, 0.2) is 23.1 Å². The first-order chi connectivity index (χ1) is 20.9. The van der Waals surface area contributed by atoms with Gasteiger partial charge in [0.25, 0.3) is 0 Å². The van der Waals surface area contributed by atoms with Crippen LogP contribution in [0.5, 0.6) is 23.0 Å². The number of fused-ring (bicyclic) bond motifs is 1. The van der Waals surface area contributed by atoms with Crippen LogP contribution >= 0.6 is 15.9 Å². The molecule has 3 aromatic carbocycles. The highest BCUT2D eigenvalue weighted by atomic mass is 79.9. The molecule has 1 fully saturated rings. The second-order valence-electron chi connectivity index (χ2n) is 10.2. The average Bonchev–Trinajstić information content (AvgIpc) is 3.01. The molecule has 0 atom stereocenters. The van der Waals surface area contributed by atoms with Crippen LogP contribution in [0.2, 0.25) is 0 Å². The van der Waals surface area contributed by atoms with Crippen LogP contribution in [0.25, 0.3) is 10.9 Å². The molecular weight excluding hydrogens is 619 g/mol. The molecule has 2 amide bonds. The molecule has 5 rings (SSSR count). The van der Waals surface area contributed by atoms with Gasteiger partial charge < -0.3 is 30.2 Å². The summed E-state index contributed by atoms with van der Waals surface area (Å²) in [5.41, 5.74) is 1.73. The van der Waals surface area contributed by atoms with E-state index in [0.29, 0.717) is 47.1 Å². The van der Waals surface area contributed by atoms with Gasteiger partial charge in [-0.25, -0.2) is 4.39 Å². The number of rotatable bonds is 10. The summed E-state index contributed by atoms with van der Waals surface area (Å²) in [5, 5.41) is 8.96. The predicted molar refractivity (Wildman–Crippen MR) is 165 cm³/mol. The number of carbonyl (C=O) groups excluding carboxylic acids is 2. The number of anilines is 1. The summed E-state index contributed by atoms with van der Waals surface area (Å²) < 4.78 is 33.6. The van der Waals surface area contributed by atoms with Crippen molar-refractivity contribution in [3.8, 4) is 23.0 Å². The third kappa shape index (κ3) is 7.99. The number of halogens is 2. The summed E-state index contributed by atoms with van der Waals surface area (Å²) >= 11 is 3.40. The fourth-order valence-corrected chi connectivity index (χ4v) is 5.25. The van der Waals surface area contributed by atoms with E-state index in [2.05, 4.69) is 36.9 Å². The monoisotopic (exact) mass is 650 g/mol. The highest BCUT2D eigenvalue weighted by molar-refractivity contribution is 9.10. The largest absolute Gasteiger partial charge is 0.493 e. The molecule has 0 bridgehead atoms. The first kappa shape index (κ1) is 30.2. The molecule has 0 saturated carbocycles. The maximum absolute atomic E-state index is 15.1. The SMILES string of the molecule is COc1cc2c(Oc3ccc(NC(=O)C(=O)NCCc4cccc(Br)c4)cc3F)ccnc2cc1OCC1CCNCC1. The molecule has 1 saturated heterocycles. The van der Waals surface area contributed by atoms with Crippen LogP contribution in [0.1, 0.15) is 18.4 Å². The molecule has 0 radical (unpaired) electrons. The number of ether oxygens (including phenoxy) is 3. The third-order valence-electron chi connectivity index (χ3n) is 7.12. The number of hydrogen-bond acceptors (Lipinski definition) is 7. The van der Waals surface area contributed by atoms with E-state index >= 15 is 4.39 Å². The average molecular weight is 652 g/mol. The van der Waals surface area contributed by atoms with Crippen molar-refractivity contribution in [2.75, 3.05) is 38.7 Å². The number of carbonyl (C=O) groups is 2. The summed E-state index contributed by atoms with van der Waals surface area (Å²) in [7, 11) is 1.56. The van der Waals surface area contributed by atoms with Crippen LogP contribution in [0.4, 0.5) is 10.1 Å². The Morgan fingerprint density at radius 1 is 1.00 bits per heavy atom. The van der Waals surface area contributed by atoms with Gasteiger partial charge in [-0.3, -0.25) is 14.6 Å². The first-order valence-electron chi connectivity index (χ1n) is 14.0. The molecule has 1 aromatic heterocycles. The van der Waals surface area contributed by atoms with Crippen molar-refractivity contribution in [1.29, 1.82) is 0 Å². The van der Waals surface area contributed by atoms with E-state index in [4.69, 9.17) is 14.2 Å². The molecule has 4 aromatic rings. The maximum Gasteiger partial charge on any atom is 0.313 e. The topological polar surface area (TPSA) is 111 Å². The summed E-state index contributed by atoms with van der Waals surface area (Å²) in [6, 6.07) is 16.8. The highest BCUT2D eigenvalue weighted by Crippen LogP contribution is 2.38. The fourth-order valence-electron chi connectivity index (χ4n) is 4.81. The number of aromatic nitrogens is 1. The van der Waals surface area contributed by atoms with Crippen LogP contribution in [0.3, 0.4) is 0 Å². The smallest absolute Gasteiger partial charge is 0.313 e. The van der Waals surface area contributed by atoms with Crippen molar-refractivity contribution >= 4 is 44.3 Å². The van der Waals surface area contributed by atoms with Crippen molar-refractivity contribution in [3.63, 3.8) is 0 Å². The van der Waals surface area contributed by atoms with Crippen molar-refractivity contribution in [3.05, 3.63) is 82.7 Å². The molecular formula is C32H32BrFN4O5. The lowest BCUT2D eigenvalue weighted by atomic mass is 9.99. The number of piperidine rings is 1. The van der Waals surface area contributed by atoms with E-state index in [9.17, 15) is 9.59 Å². The minimum absolute atomic E-state index is 0.0610. The number of pyridine rings is 1. The Kier molecular flexibility index (Phi) is 10.1. The molecule has 0 unspecified atom stereocenters. The molecule has 3 N–H and O–H groups in total. The number of methoxy groups -OCH3 is 1. The standard InChI is InChI=1S/C32H32BrFN4O5/c1-41-29-17-24-26(18-30(29)42-19-21-7-11-35-12-8-21)36-14-10-27(24)43-28-6-5-23(16-25(28)34)38-32(40)31(39)37-13-9-20-3-2-4-22(33)15-20/h2-6,10,14-18,21,35H,7-9,11-13,19H2,1H3,(H,37,39)(H,38,40). The Balaban J connectivity index is 1.21.